The Morgan fingerprint density at radius 3 is 0.802 bits per heavy atom. The molecule has 11 atom stereocenters. The average molecular weight is 1740 g/mol. The number of para-hydroxylation sites is 4. The number of aliphatic carboxylic acids is 1. The summed E-state index contributed by atoms with van der Waals surface area (Å²) in [6, 6.07) is 11.7. The average Bonchev–Trinajstić information content (AvgIpc) is 1.70. The molecule has 4 heterocycles. The SMILES string of the molecule is N=C(N)NCCC[C@H](NC(=O)[C@H](CCC(N)=O)NC(=O)[C@H](Cc1c[nH]c2ccccc12)NC(=O)[C@H](CCCCN)NC(=O)[C@H](CCCCN)NC(=O)[C@H](Cc1c[nH]c2ccccc12)NC(=O)[C@H](Cc1c[nH]c2ccccc12)NC(=O)[C@H](CCC(N)=O)NC(=O)[C@H](Cc1c[nH]c2ccccc12)NC(=O)[C@H](CCCNC(=N)N)NC(=O)[C@@H](N)CCCNC(=N)N)C(=O)O. The van der Waals surface area contributed by atoms with Crippen LogP contribution in [0, 0.1) is 16.2 Å². The fraction of sp³-hybridized carbons (Fsp3) is 0.429. The molecule has 0 bridgehead atoms. The minimum Gasteiger partial charge on any atom is -0.480 e. The lowest BCUT2D eigenvalue weighted by molar-refractivity contribution is -0.142. The molecule has 126 heavy (non-hydrogen) atoms. The van der Waals surface area contributed by atoms with Gasteiger partial charge in [-0.3, -0.25) is 73.8 Å². The van der Waals surface area contributed by atoms with Gasteiger partial charge in [-0.1, -0.05) is 72.8 Å². The second-order valence-electron chi connectivity index (χ2n) is 30.8. The van der Waals surface area contributed by atoms with E-state index in [2.05, 4.69) is 89.1 Å². The van der Waals surface area contributed by atoms with Gasteiger partial charge in [0, 0.05) is 127 Å². The third-order valence-corrected chi connectivity index (χ3v) is 21.3. The first kappa shape index (κ1) is 97.3. The summed E-state index contributed by atoms with van der Waals surface area (Å²) >= 11 is 0. The Bertz CT molecular complexity index is 5120. The van der Waals surface area contributed by atoms with Crippen molar-refractivity contribution < 1.29 is 67.4 Å². The highest BCUT2D eigenvalue weighted by molar-refractivity contribution is 6.01. The number of fused-ring (bicyclic) bond motifs is 4. The number of H-pyrrole nitrogens is 4. The van der Waals surface area contributed by atoms with Gasteiger partial charge in [0.2, 0.25) is 70.9 Å². The van der Waals surface area contributed by atoms with Gasteiger partial charge in [0.15, 0.2) is 17.9 Å². The second kappa shape index (κ2) is 49.2. The number of carboxylic acid groups (broad SMARTS) is 1. The molecule has 0 aliphatic rings. The summed E-state index contributed by atoms with van der Waals surface area (Å²) in [5, 5.41) is 70.4. The summed E-state index contributed by atoms with van der Waals surface area (Å²) in [5.74, 6) is -13.5. The number of rotatable bonds is 55. The van der Waals surface area contributed by atoms with Gasteiger partial charge >= 0.3 is 5.97 Å². The van der Waals surface area contributed by atoms with Crippen molar-refractivity contribution in [2.75, 3.05) is 32.7 Å². The van der Waals surface area contributed by atoms with E-state index in [1.54, 1.807) is 122 Å². The van der Waals surface area contributed by atoms with Crippen LogP contribution in [0.2, 0.25) is 0 Å². The molecule has 4 aromatic heterocycles. The fourth-order valence-corrected chi connectivity index (χ4v) is 14.5. The minimum absolute atomic E-state index is 0.0704. The maximum atomic E-state index is 15.8. The highest BCUT2D eigenvalue weighted by Crippen LogP contribution is 2.25. The minimum atomic E-state index is -1.71. The van der Waals surface area contributed by atoms with Crippen molar-refractivity contribution in [2.24, 2.45) is 45.9 Å². The zero-order valence-corrected chi connectivity index (χ0v) is 69.9. The number of nitrogens with one attached hydrogen (secondary N) is 20. The number of unbranched alkanes of at least 4 members (excludes halogenated alkanes) is 2. The zero-order chi connectivity index (χ0) is 91.4. The van der Waals surface area contributed by atoms with E-state index in [1.165, 1.54) is 0 Å². The van der Waals surface area contributed by atoms with Crippen molar-refractivity contribution in [3.63, 3.8) is 0 Å². The quantitative estimate of drug-likeness (QED) is 0.0108. The van der Waals surface area contributed by atoms with Gasteiger partial charge < -0.3 is 140 Å². The number of aromatic nitrogens is 4. The smallest absolute Gasteiger partial charge is 0.326 e. The Labute approximate surface area is 725 Å². The molecule has 42 nitrogen and oxygen atoms in total. The summed E-state index contributed by atoms with van der Waals surface area (Å²) in [4.78, 5) is 200. The molecule has 0 unspecified atom stereocenters. The number of guanidine groups is 3. The summed E-state index contributed by atoms with van der Waals surface area (Å²) in [7, 11) is 0. The van der Waals surface area contributed by atoms with Gasteiger partial charge in [0.1, 0.15) is 60.4 Å². The number of hydrogen-bond donors (Lipinski definition) is 29. The lowest BCUT2D eigenvalue weighted by atomic mass is 10.00. The number of hydrogen-bond acceptors (Lipinski definition) is 19. The molecule has 42 heteroatoms. The molecule has 8 aromatic rings. The van der Waals surface area contributed by atoms with Crippen LogP contribution in [0.25, 0.3) is 43.6 Å². The molecular weight excluding hydrogens is 1630 g/mol. The predicted octanol–water partition coefficient (Wildman–Crippen LogP) is -2.28. The molecular formula is C84H118N28O14. The molecule has 0 fully saturated rings. The topological polar surface area (TPSA) is 741 Å². The first-order chi connectivity index (χ1) is 60.4. The fourth-order valence-electron chi connectivity index (χ4n) is 14.5. The van der Waals surface area contributed by atoms with Gasteiger partial charge in [-0.25, -0.2) is 4.79 Å². The summed E-state index contributed by atoms with van der Waals surface area (Å²) in [6.07, 6.45) is 5.05. The normalized spacial score (nSPS) is 13.9. The van der Waals surface area contributed by atoms with Crippen LogP contribution < -0.4 is 115 Å². The maximum absolute atomic E-state index is 15.8. The molecule has 0 saturated heterocycles. The maximum Gasteiger partial charge on any atom is 0.326 e. The lowest BCUT2D eigenvalue weighted by Gasteiger charge is -2.28. The van der Waals surface area contributed by atoms with E-state index in [0.717, 1.165) is 0 Å². The van der Waals surface area contributed by atoms with Crippen molar-refractivity contribution >= 4 is 138 Å². The van der Waals surface area contributed by atoms with Gasteiger partial charge in [-0.05, 0) is 150 Å². The lowest BCUT2D eigenvalue weighted by Crippen LogP contribution is -2.61. The van der Waals surface area contributed by atoms with Crippen molar-refractivity contribution in [1.29, 1.82) is 16.2 Å². The monoisotopic (exact) mass is 1740 g/mol. The van der Waals surface area contributed by atoms with E-state index in [1.807, 2.05) is 0 Å². The first-order valence-corrected chi connectivity index (χ1v) is 41.8. The number of carboxylic acids is 1. The van der Waals surface area contributed by atoms with Crippen LogP contribution in [0.5, 0.6) is 0 Å². The molecule has 4 aromatic carbocycles. The van der Waals surface area contributed by atoms with E-state index in [9.17, 15) is 38.7 Å². The summed E-state index contributed by atoms with van der Waals surface area (Å²) in [5.41, 5.74) is 50.6. The number of carbonyl (C=O) groups excluding carboxylic acids is 12. The molecule has 0 spiro atoms. The van der Waals surface area contributed by atoms with Gasteiger partial charge in [0.25, 0.3) is 0 Å². The van der Waals surface area contributed by atoms with Crippen LogP contribution in [-0.4, -0.2) is 219 Å². The van der Waals surface area contributed by atoms with E-state index in [-0.39, 0.29) is 134 Å². The molecule has 12 amide bonds. The Hall–Kier alpha value is -14.2. The molecule has 8 rings (SSSR count). The number of benzene rings is 4. The number of primary amides is 2. The van der Waals surface area contributed by atoms with Crippen LogP contribution in [0.15, 0.2) is 122 Å². The number of nitrogens with two attached hydrogens (primary N) is 8. The number of aromatic amines is 4. The summed E-state index contributed by atoms with van der Waals surface area (Å²) in [6.45, 7) is 0.714. The van der Waals surface area contributed by atoms with Crippen LogP contribution >= 0.6 is 0 Å². The molecule has 0 aliphatic heterocycles. The van der Waals surface area contributed by atoms with Crippen molar-refractivity contribution in [3.05, 3.63) is 144 Å². The molecule has 0 aliphatic carbocycles. The van der Waals surface area contributed by atoms with Crippen molar-refractivity contribution in [3.8, 4) is 0 Å². The van der Waals surface area contributed by atoms with Crippen LogP contribution in [0.4, 0.5) is 0 Å². The van der Waals surface area contributed by atoms with Crippen LogP contribution in [-0.2, 0) is 88.0 Å². The standard InChI is InChI=1S/C84H118N28O14/c85-33-11-9-25-59(72(116)104-60(26-10-12-34-86)73(117)109-65(38-46-42-99-55-21-5-1-16-50(46)55)78(122)106-62(29-31-69(88)113)75(119)108-64(81(125)126)28-15-37-98-84(94)95)105-77(121)67(40-48-44-101-57-23-7-3-18-52(48)57)112-80(124)68(41-49-45-102-58-24-8-4-19-53(49)58)111-76(120)63(30-32-70(89)114)107-79(123)66(39-47-43-100-56-22-6-2-17-51(47)56)110-74(118)61(27-14-36-97-83(92)93)103-71(115)54(87)20-13-35-96-82(90)91/h1-8,16-19,21-24,42-45,54,59-68,99-102H,9-15,20,25-41,85-87H2,(H2,88,113)(H2,89,114)(H,103,115)(H,104,116)(H,105,121)(H,106,122)(H,107,123)(H,108,119)(H,109,117)(H,110,118)(H,111,120)(H,112,124)(H,125,126)(H4,90,91,96)(H4,92,93,97)(H4,94,95,98)/t54-,59-,60-,61-,62-,63-,64-,65-,66-,67-,68-/m0/s1. The van der Waals surface area contributed by atoms with Gasteiger partial charge in [-0.2, -0.15) is 0 Å². The van der Waals surface area contributed by atoms with Crippen molar-refractivity contribution in [2.45, 2.75) is 195 Å². The Kier molecular flexibility index (Phi) is 38.0. The van der Waals surface area contributed by atoms with E-state index in [0.29, 0.717) is 85.1 Å². The third kappa shape index (κ3) is 30.4. The van der Waals surface area contributed by atoms with E-state index >= 15 is 28.8 Å². The Balaban J connectivity index is 1.11. The second-order valence-corrected chi connectivity index (χ2v) is 30.8. The predicted molar refractivity (Wildman–Crippen MR) is 473 cm³/mol. The zero-order valence-electron chi connectivity index (χ0n) is 69.9. The van der Waals surface area contributed by atoms with E-state index < -0.39 is 169 Å². The summed E-state index contributed by atoms with van der Waals surface area (Å²) < 4.78 is 0. The number of amides is 12. The Morgan fingerprint density at radius 1 is 0.302 bits per heavy atom. The van der Waals surface area contributed by atoms with Crippen LogP contribution in [0.3, 0.4) is 0 Å². The van der Waals surface area contributed by atoms with E-state index in [4.69, 9.17) is 62.1 Å². The molecule has 37 N–H and O–H groups in total. The number of carbonyl (C=O) groups is 13. The first-order valence-electron chi connectivity index (χ1n) is 41.8. The highest BCUT2D eigenvalue weighted by atomic mass is 16.4. The highest BCUT2D eigenvalue weighted by Gasteiger charge is 2.38. The van der Waals surface area contributed by atoms with Crippen LogP contribution in [0.1, 0.15) is 125 Å². The molecule has 678 valence electrons. The van der Waals surface area contributed by atoms with Crippen molar-refractivity contribution in [1.82, 2.24) is 89.1 Å². The third-order valence-electron chi connectivity index (χ3n) is 21.3. The molecule has 0 saturated carbocycles. The van der Waals surface area contributed by atoms with Gasteiger partial charge in [0.05, 0.1) is 6.04 Å². The van der Waals surface area contributed by atoms with Gasteiger partial charge in [-0.15, -0.1) is 0 Å². The molecule has 0 radical (unpaired) electrons. The Morgan fingerprint density at radius 2 is 0.532 bits per heavy atom. The largest absolute Gasteiger partial charge is 0.480 e.